The van der Waals surface area contributed by atoms with E-state index in [1.54, 1.807) is 0 Å². The van der Waals surface area contributed by atoms with Crippen molar-refractivity contribution >= 4 is 10.9 Å². The summed E-state index contributed by atoms with van der Waals surface area (Å²) in [6.07, 6.45) is 10.5. The van der Waals surface area contributed by atoms with Crippen LogP contribution in [0.25, 0.3) is 10.9 Å². The summed E-state index contributed by atoms with van der Waals surface area (Å²) in [6.45, 7) is 2.31. The predicted octanol–water partition coefficient (Wildman–Crippen LogP) is 3.98. The molecule has 1 aliphatic carbocycles. The summed E-state index contributed by atoms with van der Waals surface area (Å²) in [6, 6.07) is 8.91. The van der Waals surface area contributed by atoms with E-state index in [1.807, 2.05) is 7.05 Å². The monoisotopic (exact) mass is 270 g/mol. The number of benzene rings is 1. The van der Waals surface area contributed by atoms with Crippen molar-refractivity contribution in [2.75, 3.05) is 13.6 Å². The third kappa shape index (κ3) is 2.90. The lowest BCUT2D eigenvalue weighted by atomic mass is 10.1. The first-order valence-electron chi connectivity index (χ1n) is 8.10. The summed E-state index contributed by atoms with van der Waals surface area (Å²) in [4.78, 5) is 0. The largest absolute Gasteiger partial charge is 0.347 e. The molecule has 0 amide bonds. The zero-order valence-electron chi connectivity index (χ0n) is 12.6. The fourth-order valence-electron chi connectivity index (χ4n) is 3.60. The average Bonchev–Trinajstić information content (AvgIpc) is 3.09. The van der Waals surface area contributed by atoms with Crippen LogP contribution in [0.2, 0.25) is 0 Å². The molecule has 3 rings (SSSR count). The average molecular weight is 270 g/mol. The molecule has 0 spiro atoms. The molecule has 1 fully saturated rings. The highest BCUT2D eigenvalue weighted by Crippen LogP contribution is 2.29. The molecule has 0 aliphatic heterocycles. The van der Waals surface area contributed by atoms with Crippen molar-refractivity contribution in [1.29, 1.82) is 0 Å². The fourth-order valence-corrected chi connectivity index (χ4v) is 3.60. The molecule has 1 saturated carbocycles. The van der Waals surface area contributed by atoms with E-state index in [-0.39, 0.29) is 0 Å². The Kier molecular flexibility index (Phi) is 4.41. The summed E-state index contributed by atoms with van der Waals surface area (Å²) < 4.78 is 2.51. The van der Waals surface area contributed by atoms with Gasteiger partial charge in [0.1, 0.15) is 0 Å². The Morgan fingerprint density at radius 2 is 2.00 bits per heavy atom. The molecular formula is C18H26N2. The molecule has 0 radical (unpaired) electrons. The van der Waals surface area contributed by atoms with Gasteiger partial charge >= 0.3 is 0 Å². The van der Waals surface area contributed by atoms with Gasteiger partial charge in [-0.1, -0.05) is 31.0 Å². The molecule has 0 bridgehead atoms. The summed E-state index contributed by atoms with van der Waals surface area (Å²) in [5.41, 5.74) is 2.95. The number of rotatable bonds is 6. The number of fused-ring (bicyclic) bond motifs is 1. The molecule has 2 nitrogen and oxygen atoms in total. The van der Waals surface area contributed by atoms with E-state index >= 15 is 0 Å². The van der Waals surface area contributed by atoms with E-state index in [0.29, 0.717) is 0 Å². The molecule has 20 heavy (non-hydrogen) atoms. The molecule has 1 N–H and O–H groups in total. The van der Waals surface area contributed by atoms with Gasteiger partial charge in [0.25, 0.3) is 0 Å². The van der Waals surface area contributed by atoms with Gasteiger partial charge in [0.05, 0.1) is 0 Å². The lowest BCUT2D eigenvalue weighted by Crippen LogP contribution is -2.08. The van der Waals surface area contributed by atoms with Crippen LogP contribution in [0, 0.1) is 5.92 Å². The third-order valence-corrected chi connectivity index (χ3v) is 4.67. The maximum atomic E-state index is 3.24. The Morgan fingerprint density at radius 1 is 1.20 bits per heavy atom. The Labute approximate surface area is 122 Å². The first kappa shape index (κ1) is 13.7. The van der Waals surface area contributed by atoms with Crippen LogP contribution in [-0.2, 0) is 13.0 Å². The molecule has 1 aromatic heterocycles. The zero-order valence-corrected chi connectivity index (χ0v) is 12.6. The second-order valence-corrected chi connectivity index (χ2v) is 6.18. The first-order chi connectivity index (χ1) is 9.88. The van der Waals surface area contributed by atoms with Crippen LogP contribution >= 0.6 is 0 Å². The standard InChI is InChI=1S/C18H26N2/c1-19-12-6-9-16-14-20(13-15-7-2-3-8-15)18-11-5-4-10-17(16)18/h4-5,10-11,14-15,19H,2-3,6-9,12-13H2,1H3. The van der Waals surface area contributed by atoms with Gasteiger partial charge in [-0.2, -0.15) is 0 Å². The summed E-state index contributed by atoms with van der Waals surface area (Å²) in [5.74, 6) is 0.899. The van der Waals surface area contributed by atoms with Crippen molar-refractivity contribution in [3.8, 4) is 0 Å². The second-order valence-electron chi connectivity index (χ2n) is 6.18. The molecule has 2 heteroatoms. The van der Waals surface area contributed by atoms with Gasteiger partial charge in [-0.3, -0.25) is 0 Å². The van der Waals surface area contributed by atoms with E-state index < -0.39 is 0 Å². The van der Waals surface area contributed by atoms with E-state index in [2.05, 4.69) is 40.3 Å². The minimum Gasteiger partial charge on any atom is -0.347 e. The highest BCUT2D eigenvalue weighted by molar-refractivity contribution is 5.84. The lowest BCUT2D eigenvalue weighted by Gasteiger charge is -2.11. The molecule has 0 atom stereocenters. The molecule has 0 saturated heterocycles. The second kappa shape index (κ2) is 6.45. The van der Waals surface area contributed by atoms with Gasteiger partial charge in [0.2, 0.25) is 0 Å². The maximum Gasteiger partial charge on any atom is 0.0483 e. The Bertz CT molecular complexity index is 550. The number of hydrogen-bond acceptors (Lipinski definition) is 1. The van der Waals surface area contributed by atoms with Crippen LogP contribution in [0.5, 0.6) is 0 Å². The Hall–Kier alpha value is -1.28. The molecule has 1 heterocycles. The summed E-state index contributed by atoms with van der Waals surface area (Å²) in [5, 5.41) is 4.70. The number of hydrogen-bond donors (Lipinski definition) is 1. The van der Waals surface area contributed by atoms with Crippen LogP contribution in [0.1, 0.15) is 37.7 Å². The molecule has 0 unspecified atom stereocenters. The summed E-state index contributed by atoms with van der Waals surface area (Å²) >= 11 is 0. The van der Waals surface area contributed by atoms with Crippen molar-refractivity contribution in [2.45, 2.75) is 45.1 Å². The van der Waals surface area contributed by atoms with Crippen LogP contribution < -0.4 is 5.32 Å². The van der Waals surface area contributed by atoms with Crippen LogP contribution in [-0.4, -0.2) is 18.2 Å². The fraction of sp³-hybridized carbons (Fsp3) is 0.556. The van der Waals surface area contributed by atoms with Crippen LogP contribution in [0.3, 0.4) is 0 Å². The van der Waals surface area contributed by atoms with Crippen molar-refractivity contribution in [1.82, 2.24) is 9.88 Å². The van der Waals surface area contributed by atoms with E-state index in [4.69, 9.17) is 0 Å². The molecule has 1 aromatic carbocycles. The molecule has 108 valence electrons. The van der Waals surface area contributed by atoms with Gasteiger partial charge in [0.15, 0.2) is 0 Å². The topological polar surface area (TPSA) is 17.0 Å². The van der Waals surface area contributed by atoms with E-state index in [9.17, 15) is 0 Å². The number of aromatic nitrogens is 1. The van der Waals surface area contributed by atoms with Crippen molar-refractivity contribution in [3.05, 3.63) is 36.0 Å². The van der Waals surface area contributed by atoms with Crippen molar-refractivity contribution in [2.24, 2.45) is 5.92 Å². The van der Waals surface area contributed by atoms with Crippen LogP contribution in [0.15, 0.2) is 30.5 Å². The highest BCUT2D eigenvalue weighted by atomic mass is 15.0. The van der Waals surface area contributed by atoms with E-state index in [1.165, 1.54) is 61.5 Å². The summed E-state index contributed by atoms with van der Waals surface area (Å²) in [7, 11) is 2.03. The van der Waals surface area contributed by atoms with Gasteiger partial charge in [-0.15, -0.1) is 0 Å². The first-order valence-corrected chi connectivity index (χ1v) is 8.10. The number of nitrogens with zero attached hydrogens (tertiary/aromatic N) is 1. The predicted molar refractivity (Wildman–Crippen MR) is 86.1 cm³/mol. The lowest BCUT2D eigenvalue weighted by molar-refractivity contribution is 0.465. The van der Waals surface area contributed by atoms with Gasteiger partial charge in [0, 0.05) is 23.6 Å². The zero-order chi connectivity index (χ0) is 13.8. The SMILES string of the molecule is CNCCCc1cn(CC2CCCC2)c2ccccc12. The smallest absolute Gasteiger partial charge is 0.0483 e. The Morgan fingerprint density at radius 3 is 2.80 bits per heavy atom. The number of nitrogens with one attached hydrogen (secondary N) is 1. The number of aryl methyl sites for hydroxylation is 1. The van der Waals surface area contributed by atoms with Gasteiger partial charge < -0.3 is 9.88 Å². The third-order valence-electron chi connectivity index (χ3n) is 4.67. The van der Waals surface area contributed by atoms with Gasteiger partial charge in [-0.25, -0.2) is 0 Å². The van der Waals surface area contributed by atoms with Crippen molar-refractivity contribution < 1.29 is 0 Å². The molecular weight excluding hydrogens is 244 g/mol. The van der Waals surface area contributed by atoms with Crippen molar-refractivity contribution in [3.63, 3.8) is 0 Å². The molecule has 1 aliphatic rings. The quantitative estimate of drug-likeness (QED) is 0.786. The number of para-hydroxylation sites is 1. The minimum absolute atomic E-state index is 0.899. The normalized spacial score (nSPS) is 16.2. The Balaban J connectivity index is 1.83. The maximum absolute atomic E-state index is 3.24. The van der Waals surface area contributed by atoms with E-state index in [0.717, 1.165) is 12.5 Å². The van der Waals surface area contributed by atoms with Crippen LogP contribution in [0.4, 0.5) is 0 Å². The molecule has 2 aromatic rings. The highest BCUT2D eigenvalue weighted by Gasteiger charge is 2.17. The minimum atomic E-state index is 0.899. The van der Waals surface area contributed by atoms with Gasteiger partial charge in [-0.05, 0) is 56.8 Å².